The lowest BCUT2D eigenvalue weighted by molar-refractivity contribution is -0.137. The van der Waals surface area contributed by atoms with Crippen molar-refractivity contribution in [2.45, 2.75) is 6.18 Å². The summed E-state index contributed by atoms with van der Waals surface area (Å²) in [5.74, 6) is -1.000. The molecule has 168 valence electrons. The maximum absolute atomic E-state index is 13.2. The average Bonchev–Trinajstić information content (AvgIpc) is 3.48. The van der Waals surface area contributed by atoms with Crippen molar-refractivity contribution in [1.82, 2.24) is 20.1 Å². The third kappa shape index (κ3) is 4.77. The van der Waals surface area contributed by atoms with Gasteiger partial charge >= 0.3 is 6.18 Å². The monoisotopic (exact) mass is 471 g/mol. The number of nitrogens with zero attached hydrogens (tertiary/aromatic N) is 3. The molecule has 0 spiro atoms. The molecule has 4 rings (SSSR count). The molecule has 0 saturated heterocycles. The smallest absolute Gasteiger partial charge is 0.355 e. The Morgan fingerprint density at radius 1 is 1.00 bits per heavy atom. The highest BCUT2D eigenvalue weighted by Crippen LogP contribution is 2.32. The van der Waals surface area contributed by atoms with Gasteiger partial charge in [0.15, 0.2) is 5.82 Å². The quantitative estimate of drug-likeness (QED) is 0.444. The van der Waals surface area contributed by atoms with Gasteiger partial charge < -0.3 is 10.6 Å². The summed E-state index contributed by atoms with van der Waals surface area (Å²) in [5, 5.41) is 11.1. The van der Waals surface area contributed by atoms with Crippen molar-refractivity contribution in [1.29, 1.82) is 0 Å². The van der Waals surface area contributed by atoms with Gasteiger partial charge in [-0.15, -0.1) is 16.4 Å². The Kier molecular flexibility index (Phi) is 5.97. The maximum atomic E-state index is 13.2. The van der Waals surface area contributed by atoms with Crippen molar-refractivity contribution in [3.8, 4) is 16.4 Å². The SMILES string of the molecule is CNC(=O)c1cccc(NC(=O)c2nc(-c3cccs3)n(-c3cccc(C(F)(F)F)c3)n2)c1. The van der Waals surface area contributed by atoms with E-state index in [9.17, 15) is 22.8 Å². The van der Waals surface area contributed by atoms with E-state index in [1.54, 1.807) is 35.7 Å². The summed E-state index contributed by atoms with van der Waals surface area (Å²) < 4.78 is 40.8. The molecule has 0 aliphatic heterocycles. The number of hydrogen-bond donors (Lipinski definition) is 2. The summed E-state index contributed by atoms with van der Waals surface area (Å²) in [6, 6.07) is 14.4. The van der Waals surface area contributed by atoms with Crippen molar-refractivity contribution < 1.29 is 22.8 Å². The van der Waals surface area contributed by atoms with Crippen LogP contribution < -0.4 is 10.6 Å². The molecule has 0 aliphatic carbocycles. The number of benzene rings is 2. The first kappa shape index (κ1) is 22.2. The highest BCUT2D eigenvalue weighted by atomic mass is 32.1. The molecule has 0 saturated carbocycles. The van der Waals surface area contributed by atoms with Gasteiger partial charge in [-0.1, -0.05) is 18.2 Å². The van der Waals surface area contributed by atoms with Gasteiger partial charge in [0, 0.05) is 18.3 Å². The average molecular weight is 471 g/mol. The summed E-state index contributed by atoms with van der Waals surface area (Å²) >= 11 is 1.31. The number of carbonyl (C=O) groups excluding carboxylic acids is 2. The molecule has 0 aliphatic rings. The molecular weight excluding hydrogens is 455 g/mol. The second kappa shape index (κ2) is 8.87. The fourth-order valence-corrected chi connectivity index (χ4v) is 3.74. The number of halogens is 3. The van der Waals surface area contributed by atoms with Crippen LogP contribution in [-0.4, -0.2) is 33.6 Å². The van der Waals surface area contributed by atoms with E-state index < -0.39 is 17.6 Å². The number of amides is 2. The Labute approximate surface area is 189 Å². The highest BCUT2D eigenvalue weighted by molar-refractivity contribution is 7.13. The normalized spacial score (nSPS) is 11.3. The number of alkyl halides is 3. The van der Waals surface area contributed by atoms with Crippen LogP contribution in [0.25, 0.3) is 16.4 Å². The van der Waals surface area contributed by atoms with Crippen molar-refractivity contribution >= 4 is 28.8 Å². The lowest BCUT2D eigenvalue weighted by atomic mass is 10.2. The van der Waals surface area contributed by atoms with E-state index in [2.05, 4.69) is 20.7 Å². The summed E-state index contributed by atoms with van der Waals surface area (Å²) in [5.41, 5.74) is -0.0442. The van der Waals surface area contributed by atoms with Crippen LogP contribution in [-0.2, 0) is 6.18 Å². The standard InChI is InChI=1S/C22H16F3N5O2S/c1-26-20(31)13-5-2-7-15(11-13)27-21(32)18-28-19(17-9-4-10-33-17)30(29-18)16-8-3-6-14(12-16)22(23,24)25/h2-12H,1H3,(H,26,31)(H,27,32). The zero-order valence-electron chi connectivity index (χ0n) is 17.1. The molecule has 11 heteroatoms. The first-order chi connectivity index (χ1) is 15.8. The first-order valence-corrected chi connectivity index (χ1v) is 10.5. The molecule has 2 aromatic heterocycles. The minimum atomic E-state index is -4.53. The zero-order chi connectivity index (χ0) is 23.6. The largest absolute Gasteiger partial charge is 0.416 e. The molecule has 0 fully saturated rings. The summed E-state index contributed by atoms with van der Waals surface area (Å²) in [4.78, 5) is 29.6. The zero-order valence-corrected chi connectivity index (χ0v) is 17.9. The van der Waals surface area contributed by atoms with E-state index in [4.69, 9.17) is 0 Å². The Hall–Kier alpha value is -3.99. The predicted octanol–water partition coefficient (Wildman–Crippen LogP) is 4.63. The van der Waals surface area contributed by atoms with Gasteiger partial charge in [-0.25, -0.2) is 9.67 Å². The van der Waals surface area contributed by atoms with Crippen LogP contribution in [0.2, 0.25) is 0 Å². The van der Waals surface area contributed by atoms with Crippen LogP contribution in [0.15, 0.2) is 66.0 Å². The molecule has 4 aromatic rings. The van der Waals surface area contributed by atoms with E-state index in [-0.39, 0.29) is 23.2 Å². The number of aromatic nitrogens is 3. The van der Waals surface area contributed by atoms with Crippen LogP contribution in [0, 0.1) is 0 Å². The molecule has 2 N–H and O–H groups in total. The number of thiophene rings is 1. The minimum Gasteiger partial charge on any atom is -0.355 e. The molecule has 0 unspecified atom stereocenters. The van der Waals surface area contributed by atoms with Crippen LogP contribution in [0.1, 0.15) is 26.5 Å². The minimum absolute atomic E-state index is 0.112. The lowest BCUT2D eigenvalue weighted by Gasteiger charge is -2.09. The molecule has 0 atom stereocenters. The molecular formula is C22H16F3N5O2S. The first-order valence-electron chi connectivity index (χ1n) is 9.58. The van der Waals surface area contributed by atoms with E-state index >= 15 is 0 Å². The van der Waals surface area contributed by atoms with E-state index in [1.165, 1.54) is 41.3 Å². The molecule has 7 nitrogen and oxygen atoms in total. The van der Waals surface area contributed by atoms with Crippen molar-refractivity contribution in [2.24, 2.45) is 0 Å². The van der Waals surface area contributed by atoms with Crippen molar-refractivity contribution in [2.75, 3.05) is 12.4 Å². The third-order valence-corrected chi connectivity index (χ3v) is 5.45. The Bertz CT molecular complexity index is 1320. The van der Waals surface area contributed by atoms with Crippen LogP contribution in [0.4, 0.5) is 18.9 Å². The molecule has 2 aromatic carbocycles. The Morgan fingerprint density at radius 2 is 1.79 bits per heavy atom. The van der Waals surface area contributed by atoms with E-state index in [0.29, 0.717) is 16.1 Å². The van der Waals surface area contributed by atoms with Crippen molar-refractivity contribution in [3.05, 3.63) is 83.0 Å². The maximum Gasteiger partial charge on any atom is 0.416 e. The summed E-state index contributed by atoms with van der Waals surface area (Å²) in [7, 11) is 1.49. The number of rotatable bonds is 5. The van der Waals surface area contributed by atoms with E-state index in [1.807, 2.05) is 0 Å². The Morgan fingerprint density at radius 3 is 2.48 bits per heavy atom. The van der Waals surface area contributed by atoms with Gasteiger partial charge in [0.25, 0.3) is 11.8 Å². The number of nitrogens with one attached hydrogen (secondary N) is 2. The fourth-order valence-electron chi connectivity index (χ4n) is 3.04. The fraction of sp³-hybridized carbons (Fsp3) is 0.0909. The highest BCUT2D eigenvalue weighted by Gasteiger charge is 2.31. The number of hydrogen-bond acceptors (Lipinski definition) is 5. The van der Waals surface area contributed by atoms with Gasteiger partial charge in [-0.05, 0) is 47.8 Å². The van der Waals surface area contributed by atoms with Crippen LogP contribution in [0.3, 0.4) is 0 Å². The second-order valence-corrected chi connectivity index (χ2v) is 7.76. The third-order valence-electron chi connectivity index (χ3n) is 4.58. The second-order valence-electron chi connectivity index (χ2n) is 6.81. The van der Waals surface area contributed by atoms with Gasteiger partial charge in [0.1, 0.15) is 0 Å². The predicted molar refractivity (Wildman–Crippen MR) is 117 cm³/mol. The molecule has 0 bridgehead atoms. The lowest BCUT2D eigenvalue weighted by Crippen LogP contribution is -2.19. The Balaban J connectivity index is 1.71. The molecule has 2 amide bonds. The molecule has 33 heavy (non-hydrogen) atoms. The van der Waals surface area contributed by atoms with Crippen LogP contribution >= 0.6 is 11.3 Å². The van der Waals surface area contributed by atoms with Gasteiger partial charge in [-0.2, -0.15) is 13.2 Å². The van der Waals surface area contributed by atoms with E-state index in [0.717, 1.165) is 12.1 Å². The van der Waals surface area contributed by atoms with Gasteiger partial charge in [0.2, 0.25) is 5.82 Å². The molecule has 0 radical (unpaired) electrons. The summed E-state index contributed by atoms with van der Waals surface area (Å²) in [6.07, 6.45) is -4.53. The van der Waals surface area contributed by atoms with Gasteiger partial charge in [-0.3, -0.25) is 9.59 Å². The number of carbonyl (C=O) groups is 2. The van der Waals surface area contributed by atoms with Crippen molar-refractivity contribution in [3.63, 3.8) is 0 Å². The number of anilines is 1. The summed E-state index contributed by atoms with van der Waals surface area (Å²) in [6.45, 7) is 0. The molecule has 2 heterocycles. The van der Waals surface area contributed by atoms with Gasteiger partial charge in [0.05, 0.1) is 16.1 Å². The van der Waals surface area contributed by atoms with Crippen LogP contribution in [0.5, 0.6) is 0 Å². The topological polar surface area (TPSA) is 88.9 Å².